The predicted octanol–water partition coefficient (Wildman–Crippen LogP) is 3.52. The molecule has 4 heteroatoms. The highest BCUT2D eigenvalue weighted by Gasteiger charge is 2.16. The molecular weight excluding hydrogens is 266 g/mol. The Hall–Kier alpha value is -2.62. The lowest BCUT2D eigenvalue weighted by atomic mass is 9.97. The van der Waals surface area contributed by atoms with Crippen LogP contribution >= 0.6 is 0 Å². The zero-order valence-electron chi connectivity index (χ0n) is 11.7. The summed E-state index contributed by atoms with van der Waals surface area (Å²) in [5.74, 6) is -1.09. The number of rotatable bonds is 3. The zero-order valence-corrected chi connectivity index (χ0v) is 11.7. The fraction of sp³-hybridized carbons (Fsp3) is 0.176. The van der Waals surface area contributed by atoms with Gasteiger partial charge in [0.1, 0.15) is 0 Å². The number of nitrogens with one attached hydrogen (secondary N) is 1. The second kappa shape index (κ2) is 6.70. The van der Waals surface area contributed by atoms with Gasteiger partial charge in [-0.2, -0.15) is 0 Å². The highest BCUT2D eigenvalue weighted by atomic mass is 16.4. The molecule has 4 nitrogen and oxygen atoms in total. The van der Waals surface area contributed by atoms with Crippen LogP contribution in [0.25, 0.3) is 0 Å². The van der Waals surface area contributed by atoms with Crippen LogP contribution in [0.1, 0.15) is 35.2 Å². The van der Waals surface area contributed by atoms with Crippen molar-refractivity contribution in [3.63, 3.8) is 0 Å². The molecular formula is C17H17NO3. The molecule has 2 aromatic rings. The van der Waals surface area contributed by atoms with Crippen molar-refractivity contribution >= 4 is 17.6 Å². The fourth-order valence-corrected chi connectivity index (χ4v) is 2.18. The SMILES string of the molecule is CCC(C(=O)O)c1ccccc1.O=C1Nc2cccc1c2. The lowest BCUT2D eigenvalue weighted by molar-refractivity contribution is -0.138. The van der Waals surface area contributed by atoms with Gasteiger partial charge in [-0.05, 0) is 30.2 Å². The maximum atomic E-state index is 10.8. The molecule has 0 aliphatic carbocycles. The topological polar surface area (TPSA) is 66.4 Å². The Kier molecular flexibility index (Phi) is 4.72. The Morgan fingerprint density at radius 3 is 2.38 bits per heavy atom. The number of carbonyl (C=O) groups excluding carboxylic acids is 1. The van der Waals surface area contributed by atoms with Crippen LogP contribution in [-0.2, 0) is 4.79 Å². The molecule has 1 atom stereocenters. The molecule has 2 N–H and O–H groups in total. The summed E-state index contributed by atoms with van der Waals surface area (Å²) in [6.45, 7) is 1.88. The van der Waals surface area contributed by atoms with E-state index in [9.17, 15) is 9.59 Å². The molecule has 1 amide bonds. The summed E-state index contributed by atoms with van der Waals surface area (Å²) in [5, 5.41) is 11.5. The van der Waals surface area contributed by atoms with Gasteiger partial charge in [0.2, 0.25) is 0 Å². The normalized spacial score (nSPS) is 12.9. The van der Waals surface area contributed by atoms with Crippen LogP contribution in [0.3, 0.4) is 0 Å². The van der Waals surface area contributed by atoms with Crippen LogP contribution < -0.4 is 5.32 Å². The highest BCUT2D eigenvalue weighted by molar-refractivity contribution is 6.09. The van der Waals surface area contributed by atoms with Gasteiger partial charge in [0, 0.05) is 11.3 Å². The Morgan fingerprint density at radius 1 is 1.14 bits per heavy atom. The number of carboxylic acids is 1. The van der Waals surface area contributed by atoms with Gasteiger partial charge in [0.15, 0.2) is 0 Å². The number of benzene rings is 2. The Balaban J connectivity index is 0.000000159. The van der Waals surface area contributed by atoms with Crippen molar-refractivity contribution in [3.8, 4) is 0 Å². The molecule has 1 aliphatic heterocycles. The monoisotopic (exact) mass is 283 g/mol. The van der Waals surface area contributed by atoms with Crippen molar-refractivity contribution in [2.24, 2.45) is 0 Å². The van der Waals surface area contributed by atoms with Gasteiger partial charge in [-0.25, -0.2) is 0 Å². The number of carbonyl (C=O) groups is 2. The van der Waals surface area contributed by atoms with E-state index in [4.69, 9.17) is 5.11 Å². The first kappa shape index (κ1) is 14.8. The minimum absolute atomic E-state index is 0.00926. The van der Waals surface area contributed by atoms with Crippen LogP contribution in [-0.4, -0.2) is 17.0 Å². The average molecular weight is 283 g/mol. The van der Waals surface area contributed by atoms with Crippen LogP contribution in [0.2, 0.25) is 0 Å². The number of anilines is 1. The van der Waals surface area contributed by atoms with Crippen molar-refractivity contribution in [1.82, 2.24) is 0 Å². The van der Waals surface area contributed by atoms with Crippen molar-refractivity contribution in [2.45, 2.75) is 19.3 Å². The fourth-order valence-electron chi connectivity index (χ4n) is 2.18. The van der Waals surface area contributed by atoms with Crippen LogP contribution in [0.15, 0.2) is 54.6 Å². The molecule has 0 aromatic heterocycles. The summed E-state index contributed by atoms with van der Waals surface area (Å²) in [4.78, 5) is 21.5. The van der Waals surface area contributed by atoms with E-state index in [0.29, 0.717) is 6.42 Å². The molecule has 0 saturated carbocycles. The number of amides is 1. The summed E-state index contributed by atoms with van der Waals surface area (Å²) < 4.78 is 0. The second-order valence-electron chi connectivity index (χ2n) is 4.74. The van der Waals surface area contributed by atoms with Gasteiger partial charge < -0.3 is 10.4 Å². The quantitative estimate of drug-likeness (QED) is 0.905. The summed E-state index contributed by atoms with van der Waals surface area (Å²) in [5.41, 5.74) is 2.54. The van der Waals surface area contributed by atoms with E-state index in [1.54, 1.807) is 6.07 Å². The van der Waals surface area contributed by atoms with E-state index in [-0.39, 0.29) is 11.8 Å². The Morgan fingerprint density at radius 2 is 1.86 bits per heavy atom. The van der Waals surface area contributed by atoms with E-state index in [1.165, 1.54) is 0 Å². The summed E-state index contributed by atoms with van der Waals surface area (Å²) >= 11 is 0. The number of hydrogen-bond acceptors (Lipinski definition) is 2. The van der Waals surface area contributed by atoms with Crippen molar-refractivity contribution < 1.29 is 14.7 Å². The van der Waals surface area contributed by atoms with E-state index < -0.39 is 5.97 Å². The first-order valence-corrected chi connectivity index (χ1v) is 6.81. The molecule has 2 aromatic carbocycles. The van der Waals surface area contributed by atoms with Gasteiger partial charge in [-0.3, -0.25) is 9.59 Å². The molecule has 1 heterocycles. The third-order valence-electron chi connectivity index (χ3n) is 3.29. The second-order valence-corrected chi connectivity index (χ2v) is 4.74. The number of carboxylic acid groups (broad SMARTS) is 1. The van der Waals surface area contributed by atoms with Crippen LogP contribution in [0.5, 0.6) is 0 Å². The molecule has 108 valence electrons. The van der Waals surface area contributed by atoms with E-state index >= 15 is 0 Å². The Labute approximate surface area is 123 Å². The Bertz CT molecular complexity index is 637. The van der Waals surface area contributed by atoms with Crippen molar-refractivity contribution in [1.29, 1.82) is 0 Å². The van der Waals surface area contributed by atoms with Gasteiger partial charge in [0.05, 0.1) is 5.92 Å². The molecule has 0 saturated heterocycles. The van der Waals surface area contributed by atoms with Crippen LogP contribution in [0, 0.1) is 0 Å². The van der Waals surface area contributed by atoms with Gasteiger partial charge in [-0.15, -0.1) is 0 Å². The molecule has 0 radical (unpaired) electrons. The van der Waals surface area contributed by atoms with Gasteiger partial charge in [-0.1, -0.05) is 43.3 Å². The number of fused-ring (bicyclic) bond motifs is 2. The standard InChI is InChI=1S/C10H12O2.C7H5NO/c1-2-9(10(11)12)8-6-4-3-5-7-8;9-7-5-2-1-3-6(4-5)8-7/h3-7,9H,2H2,1H3,(H,11,12);1-4H,(H,8,9). The predicted molar refractivity (Wildman–Crippen MR) is 81.5 cm³/mol. The smallest absolute Gasteiger partial charge is 0.310 e. The maximum Gasteiger partial charge on any atom is 0.310 e. The molecule has 2 bridgehead atoms. The minimum Gasteiger partial charge on any atom is -0.481 e. The molecule has 3 rings (SSSR count). The molecule has 21 heavy (non-hydrogen) atoms. The van der Waals surface area contributed by atoms with Gasteiger partial charge in [0.25, 0.3) is 5.91 Å². The van der Waals surface area contributed by atoms with Crippen molar-refractivity contribution in [3.05, 3.63) is 65.7 Å². The third kappa shape index (κ3) is 3.69. The van der Waals surface area contributed by atoms with Crippen LogP contribution in [0.4, 0.5) is 5.69 Å². The van der Waals surface area contributed by atoms with E-state index in [1.807, 2.05) is 55.5 Å². The minimum atomic E-state index is -0.747. The average Bonchev–Trinajstić information content (AvgIpc) is 2.74. The number of hydrogen-bond donors (Lipinski definition) is 2. The summed E-state index contributed by atoms with van der Waals surface area (Å²) in [6.07, 6.45) is 0.638. The maximum absolute atomic E-state index is 10.8. The largest absolute Gasteiger partial charge is 0.481 e. The molecule has 1 unspecified atom stereocenters. The first-order valence-electron chi connectivity index (χ1n) is 6.81. The first-order chi connectivity index (χ1) is 10.1. The zero-order chi connectivity index (χ0) is 15.2. The third-order valence-corrected chi connectivity index (χ3v) is 3.29. The highest BCUT2D eigenvalue weighted by Crippen LogP contribution is 2.19. The van der Waals surface area contributed by atoms with Crippen molar-refractivity contribution in [2.75, 3.05) is 5.32 Å². The van der Waals surface area contributed by atoms with E-state index in [2.05, 4.69) is 5.32 Å². The molecule has 0 fully saturated rings. The molecule has 1 aliphatic rings. The number of aliphatic carboxylic acids is 1. The summed E-state index contributed by atoms with van der Waals surface area (Å²) in [6, 6.07) is 16.7. The van der Waals surface area contributed by atoms with Gasteiger partial charge >= 0.3 is 5.97 Å². The summed E-state index contributed by atoms with van der Waals surface area (Å²) in [7, 11) is 0. The lowest BCUT2D eigenvalue weighted by Gasteiger charge is -2.08. The lowest BCUT2D eigenvalue weighted by Crippen LogP contribution is -2.09. The molecule has 0 spiro atoms. The van der Waals surface area contributed by atoms with E-state index in [0.717, 1.165) is 16.8 Å².